The molecule has 3 fully saturated rings. The first kappa shape index (κ1) is 14.3. The van der Waals surface area contributed by atoms with Gasteiger partial charge >= 0.3 is 0 Å². The number of hydrazine groups is 1. The molecule has 1 aromatic heterocycles. The summed E-state index contributed by atoms with van der Waals surface area (Å²) in [5.41, 5.74) is 5.88. The molecule has 126 valence electrons. The lowest BCUT2D eigenvalue weighted by Gasteiger charge is -2.45. The third-order valence-electron chi connectivity index (χ3n) is 6.04. The molecule has 2 aromatic rings. The number of rotatable bonds is 2. The SMILES string of the molecule is CC(C)N1Nc2cn([C@@H]3CN4CCC3CC4)c(=O)c3cccc1c23. The van der Waals surface area contributed by atoms with Gasteiger partial charge in [-0.15, -0.1) is 0 Å². The fraction of sp³-hybridized carbons (Fsp3) is 0.526. The first-order valence-electron chi connectivity index (χ1n) is 9.09. The van der Waals surface area contributed by atoms with Crippen LogP contribution in [0, 0.1) is 5.92 Å². The average Bonchev–Trinajstić information content (AvgIpc) is 2.99. The molecular formula is C19H24N4O. The van der Waals surface area contributed by atoms with E-state index in [0.29, 0.717) is 18.0 Å². The van der Waals surface area contributed by atoms with Gasteiger partial charge in [0.1, 0.15) is 0 Å². The molecule has 5 nitrogen and oxygen atoms in total. The lowest BCUT2D eigenvalue weighted by Crippen LogP contribution is -2.49. The molecule has 0 spiro atoms. The van der Waals surface area contributed by atoms with E-state index in [9.17, 15) is 4.79 Å². The fourth-order valence-electron chi connectivity index (χ4n) is 4.78. The summed E-state index contributed by atoms with van der Waals surface area (Å²) in [5, 5.41) is 4.09. The first-order chi connectivity index (χ1) is 11.6. The average molecular weight is 324 g/mol. The largest absolute Gasteiger partial charge is 0.308 e. The Morgan fingerprint density at radius 3 is 2.67 bits per heavy atom. The highest BCUT2D eigenvalue weighted by atomic mass is 16.1. The van der Waals surface area contributed by atoms with Gasteiger partial charge in [0.15, 0.2) is 0 Å². The molecule has 1 N–H and O–H groups in total. The van der Waals surface area contributed by atoms with E-state index in [1.807, 2.05) is 16.7 Å². The van der Waals surface area contributed by atoms with Crippen molar-refractivity contribution in [1.82, 2.24) is 9.47 Å². The van der Waals surface area contributed by atoms with Gasteiger partial charge in [-0.3, -0.25) is 15.2 Å². The van der Waals surface area contributed by atoms with E-state index in [-0.39, 0.29) is 5.56 Å². The summed E-state index contributed by atoms with van der Waals surface area (Å²) in [6, 6.07) is 6.74. The molecule has 5 heterocycles. The van der Waals surface area contributed by atoms with E-state index in [1.165, 1.54) is 25.9 Å². The molecule has 5 heteroatoms. The Morgan fingerprint density at radius 1 is 1.21 bits per heavy atom. The second kappa shape index (κ2) is 4.99. The Morgan fingerprint density at radius 2 is 2.00 bits per heavy atom. The van der Waals surface area contributed by atoms with E-state index < -0.39 is 0 Å². The van der Waals surface area contributed by atoms with Crippen LogP contribution in [0.1, 0.15) is 32.7 Å². The Kier molecular flexibility index (Phi) is 2.98. The van der Waals surface area contributed by atoms with Crippen LogP contribution in [-0.2, 0) is 0 Å². The molecule has 3 saturated heterocycles. The zero-order chi connectivity index (χ0) is 16.4. The first-order valence-corrected chi connectivity index (χ1v) is 9.09. The number of benzene rings is 1. The minimum atomic E-state index is 0.168. The van der Waals surface area contributed by atoms with Crippen LogP contribution in [0.3, 0.4) is 0 Å². The molecule has 0 radical (unpaired) electrons. The van der Waals surface area contributed by atoms with Crippen LogP contribution in [0.4, 0.5) is 11.4 Å². The third kappa shape index (κ3) is 1.88. The number of anilines is 2. The van der Waals surface area contributed by atoms with Crippen LogP contribution in [0.15, 0.2) is 29.2 Å². The van der Waals surface area contributed by atoms with Crippen LogP contribution in [-0.4, -0.2) is 35.1 Å². The molecular weight excluding hydrogens is 300 g/mol. The molecule has 24 heavy (non-hydrogen) atoms. The van der Waals surface area contributed by atoms with Gasteiger partial charge in [-0.25, -0.2) is 0 Å². The summed E-state index contributed by atoms with van der Waals surface area (Å²) in [4.78, 5) is 15.7. The zero-order valence-electron chi connectivity index (χ0n) is 14.3. The van der Waals surface area contributed by atoms with Gasteiger partial charge in [0.05, 0.1) is 22.8 Å². The van der Waals surface area contributed by atoms with Gasteiger partial charge in [-0.1, -0.05) is 6.07 Å². The van der Waals surface area contributed by atoms with E-state index in [4.69, 9.17) is 0 Å². The Bertz CT molecular complexity index is 864. The van der Waals surface area contributed by atoms with Crippen molar-refractivity contribution in [1.29, 1.82) is 0 Å². The van der Waals surface area contributed by atoms with Gasteiger partial charge in [-0.2, -0.15) is 0 Å². The summed E-state index contributed by atoms with van der Waals surface area (Å²) in [6.07, 6.45) is 4.51. The quantitative estimate of drug-likeness (QED) is 0.922. The molecule has 0 amide bonds. The minimum Gasteiger partial charge on any atom is -0.308 e. The summed E-state index contributed by atoms with van der Waals surface area (Å²) >= 11 is 0. The van der Waals surface area contributed by atoms with Crippen molar-refractivity contribution in [2.75, 3.05) is 30.1 Å². The van der Waals surface area contributed by atoms with E-state index in [1.54, 1.807) is 0 Å². The van der Waals surface area contributed by atoms with Crippen LogP contribution < -0.4 is 16.0 Å². The van der Waals surface area contributed by atoms with Gasteiger partial charge in [0.2, 0.25) is 0 Å². The van der Waals surface area contributed by atoms with Crippen molar-refractivity contribution in [3.8, 4) is 0 Å². The summed E-state index contributed by atoms with van der Waals surface area (Å²) in [7, 11) is 0. The number of hydrogen-bond donors (Lipinski definition) is 1. The van der Waals surface area contributed by atoms with Gasteiger partial charge in [0, 0.05) is 24.2 Å². The summed E-state index contributed by atoms with van der Waals surface area (Å²) in [5.74, 6) is 0.642. The Balaban J connectivity index is 1.68. The minimum absolute atomic E-state index is 0.168. The smallest absolute Gasteiger partial charge is 0.258 e. The number of nitrogens with one attached hydrogen (secondary N) is 1. The molecule has 0 aliphatic carbocycles. The van der Waals surface area contributed by atoms with E-state index in [0.717, 1.165) is 28.7 Å². The number of pyridine rings is 1. The predicted molar refractivity (Wildman–Crippen MR) is 97.6 cm³/mol. The number of piperidine rings is 3. The molecule has 4 aliphatic heterocycles. The summed E-state index contributed by atoms with van der Waals surface area (Å²) in [6.45, 7) is 7.73. The van der Waals surface area contributed by atoms with Crippen LogP contribution in [0.25, 0.3) is 10.8 Å². The monoisotopic (exact) mass is 324 g/mol. The Hall–Kier alpha value is -2.01. The van der Waals surface area contributed by atoms with E-state index >= 15 is 0 Å². The maximum absolute atomic E-state index is 13.2. The topological polar surface area (TPSA) is 40.5 Å². The van der Waals surface area contributed by atoms with Crippen molar-refractivity contribution in [2.45, 2.75) is 38.8 Å². The van der Waals surface area contributed by atoms with Gasteiger partial charge < -0.3 is 9.47 Å². The summed E-state index contributed by atoms with van der Waals surface area (Å²) < 4.78 is 2.02. The van der Waals surface area contributed by atoms with Crippen LogP contribution in [0.5, 0.6) is 0 Å². The maximum atomic E-state index is 13.2. The standard InChI is InChI=1S/C19H24N4O/c1-12(2)23-16-5-3-4-14-18(16)15(20-23)10-22(19(14)24)17-11-21-8-6-13(17)7-9-21/h3-5,10,12-13,17,20H,6-9,11H2,1-2H3/t17-/m1/s1. The highest BCUT2D eigenvalue weighted by Gasteiger charge is 2.36. The van der Waals surface area contributed by atoms with Crippen LogP contribution in [0.2, 0.25) is 0 Å². The highest BCUT2D eigenvalue weighted by molar-refractivity contribution is 6.06. The van der Waals surface area contributed by atoms with Crippen molar-refractivity contribution in [3.63, 3.8) is 0 Å². The molecule has 1 aromatic carbocycles. The van der Waals surface area contributed by atoms with Crippen LogP contribution >= 0.6 is 0 Å². The lowest BCUT2D eigenvalue weighted by atomic mass is 9.83. The molecule has 6 rings (SSSR count). The molecule has 0 unspecified atom stereocenters. The lowest BCUT2D eigenvalue weighted by molar-refractivity contribution is 0.0557. The van der Waals surface area contributed by atoms with Crippen molar-refractivity contribution in [2.24, 2.45) is 5.92 Å². The van der Waals surface area contributed by atoms with Gasteiger partial charge in [-0.05, 0) is 57.8 Å². The predicted octanol–water partition coefficient (Wildman–Crippen LogP) is 2.82. The highest BCUT2D eigenvalue weighted by Crippen LogP contribution is 2.40. The molecule has 2 bridgehead atoms. The number of nitrogens with zero attached hydrogens (tertiary/aromatic N) is 3. The second-order valence-electron chi connectivity index (χ2n) is 7.74. The van der Waals surface area contributed by atoms with Crippen molar-refractivity contribution < 1.29 is 0 Å². The normalized spacial score (nSPS) is 28.0. The second-order valence-corrected chi connectivity index (χ2v) is 7.74. The fourth-order valence-corrected chi connectivity index (χ4v) is 4.78. The number of hydrogen-bond acceptors (Lipinski definition) is 4. The third-order valence-corrected chi connectivity index (χ3v) is 6.04. The maximum Gasteiger partial charge on any atom is 0.258 e. The molecule has 0 saturated carbocycles. The van der Waals surface area contributed by atoms with Crippen molar-refractivity contribution in [3.05, 3.63) is 34.7 Å². The molecule has 4 aliphatic rings. The van der Waals surface area contributed by atoms with E-state index in [2.05, 4.69) is 41.4 Å². The number of fused-ring (bicyclic) bond motifs is 3. The Labute approximate surface area is 141 Å². The molecule has 1 atom stereocenters. The zero-order valence-corrected chi connectivity index (χ0v) is 14.3. The van der Waals surface area contributed by atoms with Crippen molar-refractivity contribution >= 4 is 22.1 Å². The number of aromatic nitrogens is 1. The van der Waals surface area contributed by atoms with Gasteiger partial charge in [0.25, 0.3) is 5.56 Å².